The molecule has 0 saturated carbocycles. The SMILES string of the molecule is CCCNC(Cc1cccs1)C(C)(C)N1CCCCC1. The van der Waals surface area contributed by atoms with Gasteiger partial charge < -0.3 is 5.32 Å². The van der Waals surface area contributed by atoms with Gasteiger partial charge in [-0.05, 0) is 70.6 Å². The molecule has 1 unspecified atom stereocenters. The molecule has 1 aliphatic heterocycles. The lowest BCUT2D eigenvalue weighted by Crippen LogP contribution is -2.59. The third kappa shape index (κ3) is 4.06. The van der Waals surface area contributed by atoms with Crippen molar-refractivity contribution in [2.75, 3.05) is 19.6 Å². The molecule has 0 aromatic carbocycles. The molecule has 1 aromatic heterocycles. The Labute approximate surface area is 128 Å². The minimum Gasteiger partial charge on any atom is -0.312 e. The fraction of sp³-hybridized carbons (Fsp3) is 0.765. The van der Waals surface area contributed by atoms with Gasteiger partial charge in [0.15, 0.2) is 0 Å². The van der Waals surface area contributed by atoms with Crippen LogP contribution in [0, 0.1) is 0 Å². The van der Waals surface area contributed by atoms with Crippen molar-refractivity contribution in [2.24, 2.45) is 0 Å². The van der Waals surface area contributed by atoms with Gasteiger partial charge in [0, 0.05) is 16.5 Å². The third-order valence-electron chi connectivity index (χ3n) is 4.65. The van der Waals surface area contributed by atoms with Gasteiger partial charge in [-0.2, -0.15) is 0 Å². The number of thiophene rings is 1. The Hall–Kier alpha value is -0.380. The van der Waals surface area contributed by atoms with E-state index in [9.17, 15) is 0 Å². The molecule has 1 saturated heterocycles. The Kier molecular flexibility index (Phi) is 6.06. The second kappa shape index (κ2) is 7.58. The summed E-state index contributed by atoms with van der Waals surface area (Å²) in [4.78, 5) is 4.21. The van der Waals surface area contributed by atoms with Gasteiger partial charge in [-0.1, -0.05) is 19.4 Å². The number of likely N-dealkylation sites (tertiary alicyclic amines) is 1. The van der Waals surface area contributed by atoms with Gasteiger partial charge in [0.1, 0.15) is 0 Å². The van der Waals surface area contributed by atoms with Gasteiger partial charge in [0.05, 0.1) is 0 Å². The van der Waals surface area contributed by atoms with Crippen LogP contribution in [0.3, 0.4) is 0 Å². The lowest BCUT2D eigenvalue weighted by Gasteiger charge is -2.46. The molecule has 0 radical (unpaired) electrons. The summed E-state index contributed by atoms with van der Waals surface area (Å²) >= 11 is 1.89. The van der Waals surface area contributed by atoms with Crippen LogP contribution >= 0.6 is 11.3 Å². The second-order valence-corrected chi connectivity index (χ2v) is 7.52. The summed E-state index contributed by atoms with van der Waals surface area (Å²) < 4.78 is 0. The summed E-state index contributed by atoms with van der Waals surface area (Å²) in [5.41, 5.74) is 0.236. The Morgan fingerprint density at radius 1 is 1.30 bits per heavy atom. The van der Waals surface area contributed by atoms with E-state index >= 15 is 0 Å². The zero-order valence-corrected chi connectivity index (χ0v) is 14.1. The van der Waals surface area contributed by atoms with Crippen molar-refractivity contribution in [3.05, 3.63) is 22.4 Å². The first kappa shape index (κ1) is 16.0. The largest absolute Gasteiger partial charge is 0.312 e. The van der Waals surface area contributed by atoms with Gasteiger partial charge in [0.25, 0.3) is 0 Å². The average Bonchev–Trinajstić information content (AvgIpc) is 2.97. The van der Waals surface area contributed by atoms with Crippen molar-refractivity contribution in [1.29, 1.82) is 0 Å². The first-order chi connectivity index (χ1) is 9.64. The smallest absolute Gasteiger partial charge is 0.0309 e. The highest BCUT2D eigenvalue weighted by molar-refractivity contribution is 7.09. The van der Waals surface area contributed by atoms with Crippen molar-refractivity contribution in [3.63, 3.8) is 0 Å². The minimum atomic E-state index is 0.236. The van der Waals surface area contributed by atoms with Crippen molar-refractivity contribution >= 4 is 11.3 Å². The molecule has 20 heavy (non-hydrogen) atoms. The highest BCUT2D eigenvalue weighted by atomic mass is 32.1. The molecule has 2 nitrogen and oxygen atoms in total. The van der Waals surface area contributed by atoms with Crippen molar-refractivity contribution in [1.82, 2.24) is 10.2 Å². The molecule has 0 bridgehead atoms. The molecular weight excluding hydrogens is 264 g/mol. The Morgan fingerprint density at radius 2 is 2.05 bits per heavy atom. The van der Waals surface area contributed by atoms with Crippen LogP contribution in [-0.2, 0) is 6.42 Å². The zero-order chi connectivity index (χ0) is 14.4. The number of piperidine rings is 1. The first-order valence-electron chi connectivity index (χ1n) is 8.15. The molecule has 0 aliphatic carbocycles. The standard InChI is InChI=1S/C17H30N2S/c1-4-10-18-16(14-15-9-8-13-20-15)17(2,3)19-11-6-5-7-12-19/h8-9,13,16,18H,4-7,10-12,14H2,1-3H3. The lowest BCUT2D eigenvalue weighted by atomic mass is 9.87. The molecule has 2 heterocycles. The topological polar surface area (TPSA) is 15.3 Å². The van der Waals surface area contributed by atoms with Crippen molar-refractivity contribution < 1.29 is 0 Å². The third-order valence-corrected chi connectivity index (χ3v) is 5.55. The van der Waals surface area contributed by atoms with Crippen LogP contribution in [0.1, 0.15) is 51.3 Å². The molecule has 1 aliphatic rings. The molecule has 1 atom stereocenters. The van der Waals surface area contributed by atoms with E-state index in [1.807, 2.05) is 11.3 Å². The van der Waals surface area contributed by atoms with Crippen LogP contribution in [0.15, 0.2) is 17.5 Å². The summed E-state index contributed by atoms with van der Waals surface area (Å²) in [6.07, 6.45) is 6.49. The van der Waals surface area contributed by atoms with Gasteiger partial charge in [-0.3, -0.25) is 4.90 Å². The number of nitrogens with one attached hydrogen (secondary N) is 1. The molecule has 1 N–H and O–H groups in total. The molecule has 114 valence electrons. The fourth-order valence-electron chi connectivity index (χ4n) is 3.21. The van der Waals surface area contributed by atoms with Gasteiger partial charge >= 0.3 is 0 Å². The Bertz CT molecular complexity index is 366. The fourth-order valence-corrected chi connectivity index (χ4v) is 3.96. The predicted octanol–water partition coefficient (Wildman–Crippen LogP) is 3.92. The summed E-state index contributed by atoms with van der Waals surface area (Å²) in [5.74, 6) is 0. The highest BCUT2D eigenvalue weighted by Gasteiger charge is 2.35. The second-order valence-electron chi connectivity index (χ2n) is 6.49. The highest BCUT2D eigenvalue weighted by Crippen LogP contribution is 2.27. The van der Waals surface area contributed by atoms with E-state index in [-0.39, 0.29) is 5.54 Å². The molecule has 2 rings (SSSR count). The maximum atomic E-state index is 3.81. The van der Waals surface area contributed by atoms with E-state index in [1.165, 1.54) is 43.6 Å². The molecule has 0 spiro atoms. The predicted molar refractivity (Wildman–Crippen MR) is 89.6 cm³/mol. The summed E-state index contributed by atoms with van der Waals surface area (Å²) in [5, 5.41) is 6.00. The number of hydrogen-bond donors (Lipinski definition) is 1. The molecule has 0 amide bonds. The number of hydrogen-bond acceptors (Lipinski definition) is 3. The summed E-state index contributed by atoms with van der Waals surface area (Å²) in [7, 11) is 0. The van der Waals surface area contributed by atoms with E-state index in [0.29, 0.717) is 6.04 Å². The lowest BCUT2D eigenvalue weighted by molar-refractivity contribution is 0.0613. The quantitative estimate of drug-likeness (QED) is 0.820. The number of rotatable bonds is 7. The van der Waals surface area contributed by atoms with E-state index < -0.39 is 0 Å². The van der Waals surface area contributed by atoms with E-state index in [2.05, 4.69) is 48.5 Å². The van der Waals surface area contributed by atoms with Crippen molar-refractivity contribution in [2.45, 2.75) is 64.5 Å². The average molecular weight is 295 g/mol. The number of nitrogens with zero attached hydrogens (tertiary/aromatic N) is 1. The van der Waals surface area contributed by atoms with Crippen molar-refractivity contribution in [3.8, 4) is 0 Å². The minimum absolute atomic E-state index is 0.236. The zero-order valence-electron chi connectivity index (χ0n) is 13.3. The molecule has 3 heteroatoms. The van der Waals surface area contributed by atoms with E-state index in [1.54, 1.807) is 0 Å². The first-order valence-corrected chi connectivity index (χ1v) is 9.03. The van der Waals surface area contributed by atoms with Crippen LogP contribution in [-0.4, -0.2) is 36.1 Å². The monoisotopic (exact) mass is 294 g/mol. The maximum absolute atomic E-state index is 3.81. The van der Waals surface area contributed by atoms with Crippen LogP contribution in [0.2, 0.25) is 0 Å². The summed E-state index contributed by atoms with van der Waals surface area (Å²) in [6, 6.07) is 4.99. The normalized spacial score (nSPS) is 19.1. The molecular formula is C17H30N2S. The van der Waals surface area contributed by atoms with Gasteiger partial charge in [-0.25, -0.2) is 0 Å². The molecule has 1 aromatic rings. The van der Waals surface area contributed by atoms with Crippen LogP contribution < -0.4 is 5.32 Å². The maximum Gasteiger partial charge on any atom is 0.0309 e. The van der Waals surface area contributed by atoms with E-state index in [4.69, 9.17) is 0 Å². The van der Waals surface area contributed by atoms with Gasteiger partial charge in [0.2, 0.25) is 0 Å². The Morgan fingerprint density at radius 3 is 2.65 bits per heavy atom. The Balaban J connectivity index is 2.06. The van der Waals surface area contributed by atoms with Gasteiger partial charge in [-0.15, -0.1) is 11.3 Å². The van der Waals surface area contributed by atoms with E-state index in [0.717, 1.165) is 13.0 Å². The van der Waals surface area contributed by atoms with Crippen LogP contribution in [0.5, 0.6) is 0 Å². The molecule has 1 fully saturated rings. The van der Waals surface area contributed by atoms with Crippen LogP contribution in [0.4, 0.5) is 0 Å². The van der Waals surface area contributed by atoms with Crippen LogP contribution in [0.25, 0.3) is 0 Å². The summed E-state index contributed by atoms with van der Waals surface area (Å²) in [6.45, 7) is 10.8.